The molecule has 0 amide bonds. The van der Waals surface area contributed by atoms with E-state index in [0.29, 0.717) is 17.3 Å². The first-order chi connectivity index (χ1) is 9.56. The Bertz CT molecular complexity index is 473. The highest BCUT2D eigenvalue weighted by molar-refractivity contribution is 6.31. The molecule has 0 unspecified atom stereocenters. The quantitative estimate of drug-likeness (QED) is 0.668. The summed E-state index contributed by atoms with van der Waals surface area (Å²) in [7, 11) is 0. The van der Waals surface area contributed by atoms with Crippen molar-refractivity contribution in [1.29, 1.82) is 0 Å². The van der Waals surface area contributed by atoms with Crippen LogP contribution in [-0.2, 0) is 0 Å². The Balaban J connectivity index is 1.87. The van der Waals surface area contributed by atoms with Crippen molar-refractivity contribution in [2.75, 3.05) is 31.5 Å². The third-order valence-electron chi connectivity index (χ3n) is 3.78. The molecule has 0 atom stereocenters. The summed E-state index contributed by atoms with van der Waals surface area (Å²) in [5.41, 5.74) is 0.564. The number of hydrogen-bond acceptors (Lipinski definition) is 4. The Morgan fingerprint density at radius 1 is 1.45 bits per heavy atom. The zero-order chi connectivity index (χ0) is 14.5. The van der Waals surface area contributed by atoms with Gasteiger partial charge in [-0.15, -0.1) is 0 Å². The van der Waals surface area contributed by atoms with Gasteiger partial charge < -0.3 is 10.2 Å². The molecular formula is C14H20ClN3O2. The van der Waals surface area contributed by atoms with Crippen LogP contribution in [0.25, 0.3) is 0 Å². The summed E-state index contributed by atoms with van der Waals surface area (Å²) in [6.07, 6.45) is 2.47. The Morgan fingerprint density at radius 2 is 2.15 bits per heavy atom. The van der Waals surface area contributed by atoms with Crippen LogP contribution < -0.4 is 5.32 Å². The Labute approximate surface area is 124 Å². The van der Waals surface area contributed by atoms with Crippen LogP contribution >= 0.6 is 11.6 Å². The van der Waals surface area contributed by atoms with Crippen LogP contribution in [0.2, 0.25) is 5.02 Å². The molecule has 1 aromatic carbocycles. The molecule has 1 fully saturated rings. The first kappa shape index (κ1) is 15.1. The third-order valence-corrected chi connectivity index (χ3v) is 4.01. The van der Waals surface area contributed by atoms with Crippen molar-refractivity contribution in [3.05, 3.63) is 33.3 Å². The number of anilines is 1. The molecule has 110 valence electrons. The fourth-order valence-electron chi connectivity index (χ4n) is 2.44. The number of nitro groups is 1. The number of nitrogens with one attached hydrogen (secondary N) is 1. The summed E-state index contributed by atoms with van der Waals surface area (Å²) in [5, 5.41) is 14.6. The lowest BCUT2D eigenvalue weighted by Gasteiger charge is -2.30. The minimum absolute atomic E-state index is 0.0710. The molecule has 0 saturated carbocycles. The van der Waals surface area contributed by atoms with Crippen LogP contribution in [0, 0.1) is 16.0 Å². The minimum Gasteiger partial charge on any atom is -0.378 e. The Hall–Kier alpha value is -1.33. The van der Waals surface area contributed by atoms with E-state index in [4.69, 9.17) is 11.6 Å². The van der Waals surface area contributed by atoms with Crippen molar-refractivity contribution in [3.8, 4) is 0 Å². The number of piperidine rings is 1. The Morgan fingerprint density at radius 3 is 2.80 bits per heavy atom. The molecule has 0 bridgehead atoms. The molecule has 0 aliphatic carbocycles. The maximum Gasteiger partial charge on any atom is 0.292 e. The van der Waals surface area contributed by atoms with Crippen molar-refractivity contribution >= 4 is 23.0 Å². The lowest BCUT2D eigenvalue weighted by Crippen LogP contribution is -2.36. The van der Waals surface area contributed by atoms with E-state index < -0.39 is 0 Å². The van der Waals surface area contributed by atoms with Gasteiger partial charge in [-0.25, -0.2) is 0 Å². The average molecular weight is 298 g/mol. The highest BCUT2D eigenvalue weighted by Crippen LogP contribution is 2.27. The normalized spacial score (nSPS) is 17.1. The summed E-state index contributed by atoms with van der Waals surface area (Å²) in [6, 6.07) is 4.59. The predicted molar refractivity (Wildman–Crippen MR) is 81.4 cm³/mol. The van der Waals surface area contributed by atoms with E-state index in [9.17, 15) is 10.1 Å². The molecule has 1 heterocycles. The van der Waals surface area contributed by atoms with Crippen molar-refractivity contribution in [1.82, 2.24) is 4.90 Å². The summed E-state index contributed by atoms with van der Waals surface area (Å²) >= 11 is 5.89. The monoisotopic (exact) mass is 297 g/mol. The fourth-order valence-corrected chi connectivity index (χ4v) is 2.62. The second-order valence-electron chi connectivity index (χ2n) is 5.37. The van der Waals surface area contributed by atoms with E-state index in [-0.39, 0.29) is 10.6 Å². The first-order valence-electron chi connectivity index (χ1n) is 6.96. The number of nitro benzene ring substituents is 1. The summed E-state index contributed by atoms with van der Waals surface area (Å²) in [4.78, 5) is 13.0. The zero-order valence-corrected chi connectivity index (χ0v) is 12.4. The number of hydrogen-bond donors (Lipinski definition) is 1. The van der Waals surface area contributed by atoms with E-state index in [1.54, 1.807) is 6.07 Å². The van der Waals surface area contributed by atoms with Crippen LogP contribution in [-0.4, -0.2) is 36.0 Å². The molecule has 5 nitrogen and oxygen atoms in total. The SMILES string of the molecule is CC1CCN(CCNc2cc(Cl)ccc2[N+](=O)[O-])CC1. The van der Waals surface area contributed by atoms with Crippen LogP contribution in [0.3, 0.4) is 0 Å². The standard InChI is InChI=1S/C14H20ClN3O2/c1-11-4-7-17(8-5-11)9-6-16-13-10-12(15)2-3-14(13)18(19)20/h2-3,10-11,16H,4-9H2,1H3. The summed E-state index contributed by atoms with van der Waals surface area (Å²) < 4.78 is 0. The van der Waals surface area contributed by atoms with Crippen LogP contribution in [0.4, 0.5) is 11.4 Å². The van der Waals surface area contributed by atoms with Gasteiger partial charge in [0.25, 0.3) is 5.69 Å². The zero-order valence-electron chi connectivity index (χ0n) is 11.6. The van der Waals surface area contributed by atoms with Gasteiger partial charge in [0.2, 0.25) is 0 Å². The van der Waals surface area contributed by atoms with Crippen molar-refractivity contribution in [2.24, 2.45) is 5.92 Å². The number of rotatable bonds is 5. The molecule has 2 rings (SSSR count). The average Bonchev–Trinajstić information content (AvgIpc) is 2.41. The van der Waals surface area contributed by atoms with Gasteiger partial charge in [-0.3, -0.25) is 10.1 Å². The highest BCUT2D eigenvalue weighted by atomic mass is 35.5. The second kappa shape index (κ2) is 6.90. The largest absolute Gasteiger partial charge is 0.378 e. The molecule has 6 heteroatoms. The molecule has 20 heavy (non-hydrogen) atoms. The molecule has 0 radical (unpaired) electrons. The maximum atomic E-state index is 10.9. The van der Waals surface area contributed by atoms with Gasteiger partial charge in [-0.2, -0.15) is 0 Å². The van der Waals surface area contributed by atoms with Crippen molar-refractivity contribution in [2.45, 2.75) is 19.8 Å². The second-order valence-corrected chi connectivity index (χ2v) is 5.81. The maximum absolute atomic E-state index is 10.9. The molecule has 1 N–H and O–H groups in total. The molecule has 1 saturated heterocycles. The number of nitrogens with zero attached hydrogens (tertiary/aromatic N) is 2. The van der Waals surface area contributed by atoms with Crippen LogP contribution in [0.1, 0.15) is 19.8 Å². The molecule has 0 aromatic heterocycles. The molecule has 1 aromatic rings. The predicted octanol–water partition coefficient (Wildman–Crippen LogP) is 3.39. The lowest BCUT2D eigenvalue weighted by atomic mass is 9.99. The number of benzene rings is 1. The number of halogens is 1. The van der Waals surface area contributed by atoms with Gasteiger partial charge in [0.05, 0.1) is 4.92 Å². The summed E-state index contributed by atoms with van der Waals surface area (Å²) in [5.74, 6) is 0.813. The molecule has 0 spiro atoms. The highest BCUT2D eigenvalue weighted by Gasteiger charge is 2.16. The molecule has 1 aliphatic rings. The fraction of sp³-hybridized carbons (Fsp3) is 0.571. The minimum atomic E-state index is -0.388. The van der Waals surface area contributed by atoms with Crippen molar-refractivity contribution in [3.63, 3.8) is 0 Å². The first-order valence-corrected chi connectivity index (χ1v) is 7.34. The topological polar surface area (TPSA) is 58.4 Å². The number of likely N-dealkylation sites (tertiary alicyclic amines) is 1. The van der Waals surface area contributed by atoms with E-state index in [2.05, 4.69) is 17.1 Å². The molecule has 1 aliphatic heterocycles. The van der Waals surface area contributed by atoms with Gasteiger partial charge >= 0.3 is 0 Å². The van der Waals surface area contributed by atoms with Gasteiger partial charge in [0, 0.05) is 24.2 Å². The van der Waals surface area contributed by atoms with Crippen LogP contribution in [0.15, 0.2) is 18.2 Å². The summed E-state index contributed by atoms with van der Waals surface area (Å²) in [6.45, 7) is 6.10. The van der Waals surface area contributed by atoms with Gasteiger partial charge in [-0.1, -0.05) is 18.5 Å². The van der Waals surface area contributed by atoms with Gasteiger partial charge in [-0.05, 0) is 44.0 Å². The van der Waals surface area contributed by atoms with Crippen molar-refractivity contribution < 1.29 is 4.92 Å². The van der Waals surface area contributed by atoms with E-state index in [1.807, 2.05) is 0 Å². The molecular weight excluding hydrogens is 278 g/mol. The van der Waals surface area contributed by atoms with E-state index in [0.717, 1.165) is 25.6 Å². The Kier molecular flexibility index (Phi) is 5.20. The van der Waals surface area contributed by atoms with E-state index >= 15 is 0 Å². The van der Waals surface area contributed by atoms with Gasteiger partial charge in [0.1, 0.15) is 5.69 Å². The third kappa shape index (κ3) is 4.08. The van der Waals surface area contributed by atoms with Gasteiger partial charge in [0.15, 0.2) is 0 Å². The lowest BCUT2D eigenvalue weighted by molar-refractivity contribution is -0.384. The smallest absolute Gasteiger partial charge is 0.292 e. The van der Waals surface area contributed by atoms with Crippen LogP contribution in [0.5, 0.6) is 0 Å². The van der Waals surface area contributed by atoms with E-state index in [1.165, 1.54) is 25.0 Å².